The fraction of sp³-hybridized carbons (Fsp3) is 0.333. The fourth-order valence-electron chi connectivity index (χ4n) is 1.93. The first-order valence-corrected chi connectivity index (χ1v) is 6.82. The van der Waals surface area contributed by atoms with E-state index >= 15 is 0 Å². The molecule has 0 aliphatic rings. The van der Waals surface area contributed by atoms with Gasteiger partial charge in [-0.05, 0) is 24.1 Å². The Morgan fingerprint density at radius 1 is 1.41 bits per heavy atom. The second-order valence-corrected chi connectivity index (χ2v) is 4.73. The highest BCUT2D eigenvalue weighted by molar-refractivity contribution is 5.85. The molecule has 2 aromatic rings. The van der Waals surface area contributed by atoms with Crippen LogP contribution >= 0.6 is 12.4 Å². The topological polar surface area (TPSA) is 82.2 Å². The van der Waals surface area contributed by atoms with Gasteiger partial charge < -0.3 is 15.8 Å². The van der Waals surface area contributed by atoms with Gasteiger partial charge in [-0.25, -0.2) is 4.68 Å². The molecule has 0 aliphatic carbocycles. The summed E-state index contributed by atoms with van der Waals surface area (Å²) in [6.45, 7) is 0.745. The van der Waals surface area contributed by atoms with Gasteiger partial charge in [0.1, 0.15) is 6.04 Å². The highest BCUT2D eigenvalue weighted by atomic mass is 35.5. The van der Waals surface area contributed by atoms with E-state index in [4.69, 9.17) is 10.5 Å². The third-order valence-corrected chi connectivity index (χ3v) is 3.05. The zero-order valence-corrected chi connectivity index (χ0v) is 13.3. The zero-order valence-electron chi connectivity index (χ0n) is 12.4. The molecule has 0 spiro atoms. The van der Waals surface area contributed by atoms with Crippen molar-refractivity contribution in [3.05, 3.63) is 48.3 Å². The number of benzene rings is 1. The Bertz CT molecular complexity index is 574. The van der Waals surface area contributed by atoms with Crippen LogP contribution in [0.2, 0.25) is 0 Å². The minimum Gasteiger partial charge on any atom is -0.383 e. The first-order valence-electron chi connectivity index (χ1n) is 6.82. The van der Waals surface area contributed by atoms with Gasteiger partial charge in [0.2, 0.25) is 5.91 Å². The summed E-state index contributed by atoms with van der Waals surface area (Å²) in [5, 5.41) is 7.09. The molecular formula is C15H21ClN4O2. The predicted octanol–water partition coefficient (Wildman–Crippen LogP) is 0.927. The summed E-state index contributed by atoms with van der Waals surface area (Å²) in [5.74, 6) is -0.202. The van der Waals surface area contributed by atoms with Crippen LogP contribution in [0.4, 0.5) is 0 Å². The van der Waals surface area contributed by atoms with Crippen molar-refractivity contribution in [1.29, 1.82) is 0 Å². The normalized spacial score (nSPS) is 11.5. The number of carbonyl (C=O) groups excluding carboxylic acids is 1. The molecule has 1 unspecified atom stereocenters. The van der Waals surface area contributed by atoms with E-state index < -0.39 is 6.04 Å². The van der Waals surface area contributed by atoms with Gasteiger partial charge in [-0.3, -0.25) is 4.79 Å². The van der Waals surface area contributed by atoms with E-state index in [0.29, 0.717) is 13.0 Å². The number of nitrogens with zero attached hydrogens (tertiary/aromatic N) is 2. The number of ether oxygens (including phenoxy) is 1. The summed E-state index contributed by atoms with van der Waals surface area (Å²) in [6.07, 6.45) is 4.46. The van der Waals surface area contributed by atoms with E-state index in [1.807, 2.05) is 41.2 Å². The Hall–Kier alpha value is -1.89. The molecule has 2 rings (SSSR count). The van der Waals surface area contributed by atoms with Crippen LogP contribution in [-0.2, 0) is 16.0 Å². The molecule has 1 aromatic carbocycles. The molecule has 1 atom stereocenters. The van der Waals surface area contributed by atoms with Crippen LogP contribution in [0.1, 0.15) is 5.56 Å². The van der Waals surface area contributed by atoms with Gasteiger partial charge in [0.15, 0.2) is 0 Å². The van der Waals surface area contributed by atoms with Crippen molar-refractivity contribution in [2.75, 3.05) is 20.3 Å². The number of aromatic nitrogens is 2. The maximum Gasteiger partial charge on any atom is 0.239 e. The Kier molecular flexibility index (Phi) is 7.59. The molecule has 7 heteroatoms. The predicted molar refractivity (Wildman–Crippen MR) is 87.4 cm³/mol. The highest BCUT2D eigenvalue weighted by Crippen LogP contribution is 2.07. The van der Waals surface area contributed by atoms with E-state index in [-0.39, 0.29) is 24.9 Å². The molecule has 6 nitrogen and oxygen atoms in total. The number of nitrogens with two attached hydrogens (primary N) is 1. The molecule has 1 amide bonds. The molecule has 0 fully saturated rings. The largest absolute Gasteiger partial charge is 0.383 e. The number of methoxy groups -OCH3 is 1. The number of hydrogen-bond acceptors (Lipinski definition) is 4. The molecule has 0 saturated heterocycles. The van der Waals surface area contributed by atoms with Crippen LogP contribution in [0.25, 0.3) is 5.69 Å². The average molecular weight is 325 g/mol. The maximum absolute atomic E-state index is 11.6. The summed E-state index contributed by atoms with van der Waals surface area (Å²) in [4.78, 5) is 11.6. The van der Waals surface area contributed by atoms with Gasteiger partial charge in [0.25, 0.3) is 0 Å². The lowest BCUT2D eigenvalue weighted by Gasteiger charge is -2.10. The molecule has 0 bridgehead atoms. The van der Waals surface area contributed by atoms with Crippen molar-refractivity contribution >= 4 is 18.3 Å². The zero-order chi connectivity index (χ0) is 15.1. The summed E-state index contributed by atoms with van der Waals surface area (Å²) < 4.78 is 6.66. The van der Waals surface area contributed by atoms with Crippen molar-refractivity contribution < 1.29 is 9.53 Å². The van der Waals surface area contributed by atoms with Crippen molar-refractivity contribution in [2.24, 2.45) is 5.73 Å². The van der Waals surface area contributed by atoms with E-state index in [0.717, 1.165) is 11.3 Å². The molecule has 1 aromatic heterocycles. The molecule has 0 radical (unpaired) electrons. The number of para-hydroxylation sites is 1. The second-order valence-electron chi connectivity index (χ2n) is 4.73. The lowest BCUT2D eigenvalue weighted by Crippen LogP contribution is -2.44. The fourth-order valence-corrected chi connectivity index (χ4v) is 1.93. The van der Waals surface area contributed by atoms with Crippen molar-refractivity contribution in [2.45, 2.75) is 12.5 Å². The molecule has 1 heterocycles. The van der Waals surface area contributed by atoms with Crippen LogP contribution in [0.3, 0.4) is 0 Å². The summed E-state index contributed by atoms with van der Waals surface area (Å²) in [7, 11) is 1.52. The van der Waals surface area contributed by atoms with Gasteiger partial charge in [-0.15, -0.1) is 12.4 Å². The first kappa shape index (κ1) is 18.2. The Morgan fingerprint density at radius 2 is 2.14 bits per heavy atom. The molecule has 0 saturated carbocycles. The minimum absolute atomic E-state index is 0. The number of amides is 1. The van der Waals surface area contributed by atoms with Crippen LogP contribution in [0, 0.1) is 0 Å². The lowest BCUT2D eigenvalue weighted by atomic mass is 10.2. The molecule has 22 heavy (non-hydrogen) atoms. The highest BCUT2D eigenvalue weighted by Gasteiger charge is 2.12. The van der Waals surface area contributed by atoms with Crippen molar-refractivity contribution in [3.63, 3.8) is 0 Å². The smallest absolute Gasteiger partial charge is 0.239 e. The summed E-state index contributed by atoms with van der Waals surface area (Å²) >= 11 is 0. The van der Waals surface area contributed by atoms with E-state index in [1.165, 1.54) is 7.11 Å². The van der Waals surface area contributed by atoms with Gasteiger partial charge in [0, 0.05) is 19.9 Å². The SMILES string of the molecule is COCC(N)C(=O)NCCc1cnn(-c2ccccc2)c1.Cl. The van der Waals surface area contributed by atoms with Crippen LogP contribution in [-0.4, -0.2) is 42.0 Å². The standard InChI is InChI=1S/C15H20N4O2.ClH/c1-21-11-14(16)15(20)17-8-7-12-9-18-19(10-12)13-5-3-2-4-6-13;/h2-6,9-10,14H,7-8,11,16H2,1H3,(H,17,20);1H. The third-order valence-electron chi connectivity index (χ3n) is 3.05. The molecular weight excluding hydrogens is 304 g/mol. The average Bonchev–Trinajstić information content (AvgIpc) is 2.97. The van der Waals surface area contributed by atoms with Crippen molar-refractivity contribution in [3.8, 4) is 5.69 Å². The lowest BCUT2D eigenvalue weighted by molar-refractivity contribution is -0.123. The number of hydrogen-bond donors (Lipinski definition) is 2. The van der Waals surface area contributed by atoms with Crippen LogP contribution in [0.15, 0.2) is 42.7 Å². The molecule has 3 N–H and O–H groups in total. The quantitative estimate of drug-likeness (QED) is 0.793. The number of carbonyl (C=O) groups is 1. The van der Waals surface area contributed by atoms with Gasteiger partial charge >= 0.3 is 0 Å². The third kappa shape index (κ3) is 5.14. The molecule has 120 valence electrons. The number of halogens is 1. The van der Waals surface area contributed by atoms with E-state index in [9.17, 15) is 4.79 Å². The summed E-state index contributed by atoms with van der Waals surface area (Å²) in [5.41, 5.74) is 7.70. The minimum atomic E-state index is -0.623. The van der Waals surface area contributed by atoms with E-state index in [2.05, 4.69) is 10.4 Å². The molecule has 0 aliphatic heterocycles. The van der Waals surface area contributed by atoms with Gasteiger partial charge in [-0.1, -0.05) is 18.2 Å². The Balaban J connectivity index is 0.00000242. The Morgan fingerprint density at radius 3 is 2.82 bits per heavy atom. The summed E-state index contributed by atoms with van der Waals surface area (Å²) in [6, 6.07) is 9.25. The van der Waals surface area contributed by atoms with Crippen LogP contribution in [0.5, 0.6) is 0 Å². The van der Waals surface area contributed by atoms with Gasteiger partial charge in [-0.2, -0.15) is 5.10 Å². The van der Waals surface area contributed by atoms with Crippen LogP contribution < -0.4 is 11.1 Å². The van der Waals surface area contributed by atoms with Gasteiger partial charge in [0.05, 0.1) is 18.5 Å². The number of rotatable bonds is 7. The Labute approximate surface area is 136 Å². The number of nitrogens with one attached hydrogen (secondary N) is 1. The second kappa shape index (κ2) is 9.19. The van der Waals surface area contributed by atoms with E-state index in [1.54, 1.807) is 6.20 Å². The maximum atomic E-state index is 11.6. The van der Waals surface area contributed by atoms with Crippen molar-refractivity contribution in [1.82, 2.24) is 15.1 Å². The first-order chi connectivity index (χ1) is 10.2. The monoisotopic (exact) mass is 324 g/mol.